The predicted octanol–water partition coefficient (Wildman–Crippen LogP) is 4.03. The molecule has 1 unspecified atom stereocenters. The van der Waals surface area contributed by atoms with Gasteiger partial charge in [0, 0.05) is 5.56 Å². The van der Waals surface area contributed by atoms with Gasteiger partial charge < -0.3 is 5.32 Å². The smallest absolute Gasteiger partial charge is 0.134 e. The molecule has 1 nitrogen and oxygen atoms in total. The van der Waals surface area contributed by atoms with Crippen LogP contribution in [0.3, 0.4) is 0 Å². The van der Waals surface area contributed by atoms with E-state index in [0.29, 0.717) is 16.7 Å². The third-order valence-electron chi connectivity index (χ3n) is 3.43. The number of hydrogen-bond acceptors (Lipinski definition) is 1. The van der Waals surface area contributed by atoms with Crippen molar-refractivity contribution in [3.05, 3.63) is 70.0 Å². The highest BCUT2D eigenvalue weighted by atomic mass is 19.1. The van der Waals surface area contributed by atoms with Crippen molar-refractivity contribution in [2.45, 2.75) is 19.9 Å². The monoisotopic (exact) mass is 279 g/mol. The molecule has 2 rings (SSSR count). The number of nitrogens with one attached hydrogen (secondary N) is 1. The highest BCUT2D eigenvalue weighted by Gasteiger charge is 2.22. The number of rotatable bonds is 3. The number of aryl methyl sites for hydroxylation is 2. The van der Waals surface area contributed by atoms with Gasteiger partial charge in [0.15, 0.2) is 0 Å². The summed E-state index contributed by atoms with van der Waals surface area (Å²) in [6.07, 6.45) is 0. The van der Waals surface area contributed by atoms with E-state index < -0.39 is 23.5 Å². The van der Waals surface area contributed by atoms with E-state index in [0.717, 1.165) is 0 Å². The maximum atomic E-state index is 14.2. The predicted molar refractivity (Wildman–Crippen MR) is 73.1 cm³/mol. The second kappa shape index (κ2) is 5.67. The first-order valence-corrected chi connectivity index (χ1v) is 6.33. The Morgan fingerprint density at radius 3 is 2.15 bits per heavy atom. The van der Waals surface area contributed by atoms with Crippen molar-refractivity contribution < 1.29 is 13.2 Å². The minimum Gasteiger partial charge on any atom is -0.309 e. The molecule has 0 fully saturated rings. The van der Waals surface area contributed by atoms with Gasteiger partial charge in [-0.05, 0) is 49.7 Å². The molecule has 0 saturated carbocycles. The second-order valence-electron chi connectivity index (χ2n) is 4.82. The zero-order chi connectivity index (χ0) is 14.9. The minimum atomic E-state index is -0.731. The van der Waals surface area contributed by atoms with E-state index in [9.17, 15) is 13.2 Å². The molecule has 0 radical (unpaired) electrons. The van der Waals surface area contributed by atoms with Gasteiger partial charge >= 0.3 is 0 Å². The van der Waals surface area contributed by atoms with Gasteiger partial charge in [0.25, 0.3) is 0 Å². The summed E-state index contributed by atoms with van der Waals surface area (Å²) in [6, 6.07) is 6.45. The molecule has 0 aliphatic carbocycles. The lowest BCUT2D eigenvalue weighted by atomic mass is 9.95. The van der Waals surface area contributed by atoms with Gasteiger partial charge in [-0.1, -0.05) is 18.2 Å². The van der Waals surface area contributed by atoms with Gasteiger partial charge in [0.2, 0.25) is 0 Å². The van der Waals surface area contributed by atoms with Crippen LogP contribution in [-0.4, -0.2) is 7.05 Å². The van der Waals surface area contributed by atoms with Crippen LogP contribution in [0.25, 0.3) is 0 Å². The third-order valence-corrected chi connectivity index (χ3v) is 3.43. The van der Waals surface area contributed by atoms with Gasteiger partial charge in [0.1, 0.15) is 17.5 Å². The fraction of sp³-hybridized carbons (Fsp3) is 0.250. The first-order chi connectivity index (χ1) is 9.45. The van der Waals surface area contributed by atoms with Gasteiger partial charge in [-0.25, -0.2) is 13.2 Å². The summed E-state index contributed by atoms with van der Waals surface area (Å²) in [6.45, 7) is 3.21. The Balaban J connectivity index is 2.58. The Kier molecular flexibility index (Phi) is 4.14. The molecule has 0 heterocycles. The van der Waals surface area contributed by atoms with Crippen molar-refractivity contribution in [2.24, 2.45) is 0 Å². The Labute approximate surface area is 116 Å². The molecule has 0 aromatic heterocycles. The van der Waals surface area contributed by atoms with Crippen LogP contribution >= 0.6 is 0 Å². The first kappa shape index (κ1) is 14.6. The lowest BCUT2D eigenvalue weighted by Crippen LogP contribution is -2.21. The van der Waals surface area contributed by atoms with E-state index >= 15 is 0 Å². The van der Waals surface area contributed by atoms with Gasteiger partial charge in [0.05, 0.1) is 6.04 Å². The average molecular weight is 279 g/mol. The van der Waals surface area contributed by atoms with Crippen LogP contribution in [0.1, 0.15) is 28.3 Å². The Morgan fingerprint density at radius 2 is 1.55 bits per heavy atom. The molecule has 4 heteroatoms. The molecule has 106 valence electrons. The summed E-state index contributed by atoms with van der Waals surface area (Å²) >= 11 is 0. The molecule has 1 N–H and O–H groups in total. The molecule has 0 bridgehead atoms. The highest BCUT2D eigenvalue weighted by Crippen LogP contribution is 2.29. The summed E-state index contributed by atoms with van der Waals surface area (Å²) in [5, 5.41) is 2.84. The van der Waals surface area contributed by atoms with Crippen LogP contribution in [0.4, 0.5) is 13.2 Å². The van der Waals surface area contributed by atoms with Crippen molar-refractivity contribution in [1.29, 1.82) is 0 Å². The van der Waals surface area contributed by atoms with Crippen molar-refractivity contribution in [3.63, 3.8) is 0 Å². The molecule has 0 saturated heterocycles. The van der Waals surface area contributed by atoms with E-state index in [4.69, 9.17) is 0 Å². The minimum absolute atomic E-state index is 0.0873. The normalized spacial score (nSPS) is 12.5. The summed E-state index contributed by atoms with van der Waals surface area (Å²) in [4.78, 5) is 0. The van der Waals surface area contributed by atoms with E-state index in [1.807, 2.05) is 0 Å². The number of benzene rings is 2. The summed E-state index contributed by atoms with van der Waals surface area (Å²) in [7, 11) is 1.59. The SMILES string of the molecule is CNC(c1ccc(C)c(F)c1)c1c(F)ccc(C)c1F. The summed E-state index contributed by atoms with van der Waals surface area (Å²) < 4.78 is 41.8. The first-order valence-electron chi connectivity index (χ1n) is 6.33. The highest BCUT2D eigenvalue weighted by molar-refractivity contribution is 5.37. The molecule has 1 atom stereocenters. The van der Waals surface area contributed by atoms with E-state index in [-0.39, 0.29) is 5.56 Å². The maximum Gasteiger partial charge on any atom is 0.134 e. The fourth-order valence-corrected chi connectivity index (χ4v) is 2.21. The van der Waals surface area contributed by atoms with Crippen molar-refractivity contribution >= 4 is 0 Å². The van der Waals surface area contributed by atoms with Crippen LogP contribution < -0.4 is 5.32 Å². The topological polar surface area (TPSA) is 12.0 Å². The molecular weight excluding hydrogens is 263 g/mol. The third kappa shape index (κ3) is 2.56. The largest absolute Gasteiger partial charge is 0.309 e. The van der Waals surface area contributed by atoms with Crippen LogP contribution in [0.2, 0.25) is 0 Å². The van der Waals surface area contributed by atoms with Crippen molar-refractivity contribution in [1.82, 2.24) is 5.32 Å². The molecule has 0 aliphatic rings. The van der Waals surface area contributed by atoms with Crippen molar-refractivity contribution in [3.8, 4) is 0 Å². The zero-order valence-electron chi connectivity index (χ0n) is 11.6. The standard InChI is InChI=1S/C16H16F3N/c1-9-4-6-11(8-13(9)18)16(20-3)14-12(17)7-5-10(2)15(14)19/h4-8,16,20H,1-3H3. The second-order valence-corrected chi connectivity index (χ2v) is 4.82. The molecule has 2 aromatic carbocycles. The zero-order valence-corrected chi connectivity index (χ0v) is 11.6. The van der Waals surface area contributed by atoms with Crippen LogP contribution in [-0.2, 0) is 0 Å². The molecule has 20 heavy (non-hydrogen) atoms. The average Bonchev–Trinajstić information content (AvgIpc) is 2.42. The lowest BCUT2D eigenvalue weighted by Gasteiger charge is -2.20. The number of halogens is 3. The van der Waals surface area contributed by atoms with Gasteiger partial charge in [-0.2, -0.15) is 0 Å². The Morgan fingerprint density at radius 1 is 0.900 bits per heavy atom. The number of hydrogen-bond donors (Lipinski definition) is 1. The van der Waals surface area contributed by atoms with Gasteiger partial charge in [-0.3, -0.25) is 0 Å². The maximum absolute atomic E-state index is 14.2. The Bertz CT molecular complexity index is 638. The van der Waals surface area contributed by atoms with Gasteiger partial charge in [-0.15, -0.1) is 0 Å². The lowest BCUT2D eigenvalue weighted by molar-refractivity contribution is 0.515. The summed E-state index contributed by atoms with van der Waals surface area (Å²) in [5.41, 5.74) is 1.25. The fourth-order valence-electron chi connectivity index (χ4n) is 2.21. The molecule has 0 amide bonds. The van der Waals surface area contributed by atoms with Crippen LogP contribution in [0.15, 0.2) is 30.3 Å². The summed E-state index contributed by atoms with van der Waals surface area (Å²) in [5.74, 6) is -1.64. The Hall–Kier alpha value is -1.81. The van der Waals surface area contributed by atoms with Crippen LogP contribution in [0.5, 0.6) is 0 Å². The molecular formula is C16H16F3N. The van der Waals surface area contributed by atoms with E-state index in [1.54, 1.807) is 33.0 Å². The van der Waals surface area contributed by atoms with E-state index in [2.05, 4.69) is 5.32 Å². The molecule has 0 spiro atoms. The molecule has 2 aromatic rings. The van der Waals surface area contributed by atoms with Crippen molar-refractivity contribution in [2.75, 3.05) is 7.05 Å². The van der Waals surface area contributed by atoms with E-state index in [1.165, 1.54) is 18.2 Å². The van der Waals surface area contributed by atoms with Crippen LogP contribution in [0, 0.1) is 31.3 Å². The molecule has 0 aliphatic heterocycles. The quantitative estimate of drug-likeness (QED) is 0.894.